The van der Waals surface area contributed by atoms with Gasteiger partial charge in [0.05, 0.1) is 5.41 Å². The lowest BCUT2D eigenvalue weighted by molar-refractivity contribution is -0.122. The first kappa shape index (κ1) is 18.7. The molecule has 28 heavy (non-hydrogen) atoms. The van der Waals surface area contributed by atoms with Crippen molar-refractivity contribution in [3.05, 3.63) is 62.8 Å². The fourth-order valence-corrected chi connectivity index (χ4v) is 4.96. The first-order chi connectivity index (χ1) is 13.5. The Balaban J connectivity index is 2.02. The number of ketones is 1. The van der Waals surface area contributed by atoms with E-state index in [0.717, 1.165) is 15.6 Å². The predicted octanol–water partition coefficient (Wildman–Crippen LogP) is 5.84. The molecule has 0 fully saturated rings. The van der Waals surface area contributed by atoms with Crippen LogP contribution in [0.1, 0.15) is 51.4 Å². The highest BCUT2D eigenvalue weighted by molar-refractivity contribution is 7.17. The fraction of sp³-hybridized carbons (Fsp3) is 0.304. The third-order valence-electron chi connectivity index (χ3n) is 5.91. The summed E-state index contributed by atoms with van der Waals surface area (Å²) in [6, 6.07) is 9.34. The molecule has 0 radical (unpaired) electrons. The van der Waals surface area contributed by atoms with Crippen molar-refractivity contribution in [1.82, 2.24) is 0 Å². The Kier molecular flexibility index (Phi) is 4.50. The largest absolute Gasteiger partial charge is 0.507 e. The normalized spacial score (nSPS) is 15.9. The van der Waals surface area contributed by atoms with E-state index >= 15 is 0 Å². The van der Waals surface area contributed by atoms with Gasteiger partial charge in [-0.05, 0) is 54.3 Å². The molecule has 5 heteroatoms. The predicted molar refractivity (Wildman–Crippen MR) is 113 cm³/mol. The Labute approximate surface area is 167 Å². The van der Waals surface area contributed by atoms with Crippen molar-refractivity contribution in [2.75, 3.05) is 0 Å². The van der Waals surface area contributed by atoms with Crippen LogP contribution in [0.15, 0.2) is 50.5 Å². The van der Waals surface area contributed by atoms with Crippen LogP contribution in [0.4, 0.5) is 0 Å². The average Bonchev–Trinajstić information content (AvgIpc) is 3.16. The van der Waals surface area contributed by atoms with Crippen molar-refractivity contribution in [3.8, 4) is 11.3 Å². The number of aliphatic hydroxyl groups excluding tert-OH is 1. The highest BCUT2D eigenvalue weighted by Crippen LogP contribution is 2.44. The summed E-state index contributed by atoms with van der Waals surface area (Å²) in [6.07, 6.45) is 1.38. The lowest BCUT2D eigenvalue weighted by atomic mass is 9.68. The van der Waals surface area contributed by atoms with Gasteiger partial charge < -0.3 is 9.52 Å². The quantitative estimate of drug-likeness (QED) is 0.603. The molecule has 2 aromatic heterocycles. The molecular formula is C23H22O4S. The van der Waals surface area contributed by atoms with Gasteiger partial charge >= 0.3 is 0 Å². The highest BCUT2D eigenvalue weighted by atomic mass is 32.1. The summed E-state index contributed by atoms with van der Waals surface area (Å²) < 4.78 is 7.37. The Morgan fingerprint density at radius 1 is 1.07 bits per heavy atom. The number of aliphatic hydroxyl groups is 1. The average molecular weight is 394 g/mol. The summed E-state index contributed by atoms with van der Waals surface area (Å²) in [7, 11) is 0. The Morgan fingerprint density at radius 3 is 2.50 bits per heavy atom. The standard InChI is InChI=1S/C23H22O4S/c1-4-15-20(25)19-16(24)12-17(13-7-8-18-14(11-13)9-10-28-18)27-22(19)23(5-2,6-3)21(15)26/h7-12,25H,4-6H2,1-3H3. The van der Waals surface area contributed by atoms with Crippen molar-refractivity contribution >= 4 is 33.0 Å². The molecule has 2 heterocycles. The molecule has 1 aliphatic rings. The fourth-order valence-electron chi connectivity index (χ4n) is 4.19. The van der Waals surface area contributed by atoms with Crippen LogP contribution in [0.5, 0.6) is 0 Å². The minimum Gasteiger partial charge on any atom is -0.507 e. The number of benzene rings is 1. The maximum absolute atomic E-state index is 13.2. The van der Waals surface area contributed by atoms with Crippen molar-refractivity contribution in [1.29, 1.82) is 0 Å². The smallest absolute Gasteiger partial charge is 0.196 e. The third kappa shape index (κ3) is 2.49. The molecule has 0 amide bonds. The summed E-state index contributed by atoms with van der Waals surface area (Å²) in [5, 5.41) is 13.8. The third-order valence-corrected chi connectivity index (χ3v) is 6.81. The van der Waals surface area contributed by atoms with Gasteiger partial charge in [0.15, 0.2) is 11.2 Å². The maximum atomic E-state index is 13.2. The second-order valence-corrected chi connectivity index (χ2v) is 8.10. The monoisotopic (exact) mass is 394 g/mol. The second kappa shape index (κ2) is 6.74. The highest BCUT2D eigenvalue weighted by Gasteiger charge is 2.48. The van der Waals surface area contributed by atoms with Crippen molar-refractivity contribution in [2.45, 2.75) is 45.4 Å². The number of hydrogen-bond acceptors (Lipinski definition) is 5. The lowest BCUT2D eigenvalue weighted by Crippen LogP contribution is -2.41. The van der Waals surface area contributed by atoms with Crippen LogP contribution in [0.2, 0.25) is 0 Å². The molecule has 3 aromatic rings. The molecule has 0 atom stereocenters. The van der Waals surface area contributed by atoms with Gasteiger partial charge in [-0.3, -0.25) is 9.59 Å². The molecule has 1 aliphatic carbocycles. The summed E-state index contributed by atoms with van der Waals surface area (Å²) in [5.74, 6) is 0.348. The van der Waals surface area contributed by atoms with Crippen LogP contribution in [0.25, 0.3) is 27.2 Å². The molecule has 0 saturated carbocycles. The van der Waals surface area contributed by atoms with Crippen LogP contribution >= 0.6 is 11.3 Å². The molecule has 0 aliphatic heterocycles. The number of allylic oxidation sites excluding steroid dienone is 1. The van der Waals surface area contributed by atoms with Crippen molar-refractivity contribution in [2.24, 2.45) is 0 Å². The number of carbonyl (C=O) groups is 1. The Bertz CT molecular complexity index is 1170. The minimum atomic E-state index is -0.922. The van der Waals surface area contributed by atoms with E-state index in [4.69, 9.17) is 4.42 Å². The zero-order valence-electron chi connectivity index (χ0n) is 16.2. The molecule has 0 unspecified atom stereocenters. The Morgan fingerprint density at radius 2 is 1.82 bits per heavy atom. The first-order valence-electron chi connectivity index (χ1n) is 9.60. The Hall–Kier alpha value is -2.66. The van der Waals surface area contributed by atoms with E-state index in [0.29, 0.717) is 36.4 Å². The minimum absolute atomic E-state index is 0.139. The van der Waals surface area contributed by atoms with E-state index in [1.54, 1.807) is 11.3 Å². The van der Waals surface area contributed by atoms with E-state index < -0.39 is 5.41 Å². The number of carbonyl (C=O) groups excluding carboxylic acids is 1. The van der Waals surface area contributed by atoms with Gasteiger partial charge in [0.25, 0.3) is 0 Å². The SMILES string of the molecule is CCC1=C(O)c2c(oc(-c3ccc4sccc4c3)cc2=O)C(CC)(CC)C1=O. The van der Waals surface area contributed by atoms with Gasteiger partial charge in [-0.25, -0.2) is 0 Å². The summed E-state index contributed by atoms with van der Waals surface area (Å²) in [4.78, 5) is 26.2. The summed E-state index contributed by atoms with van der Waals surface area (Å²) >= 11 is 1.65. The van der Waals surface area contributed by atoms with Gasteiger partial charge in [-0.1, -0.05) is 20.8 Å². The van der Waals surface area contributed by atoms with Crippen LogP contribution in [0, 0.1) is 0 Å². The molecule has 0 saturated heterocycles. The number of hydrogen-bond donors (Lipinski definition) is 1. The van der Waals surface area contributed by atoms with Crippen molar-refractivity contribution < 1.29 is 14.3 Å². The van der Waals surface area contributed by atoms with Crippen molar-refractivity contribution in [3.63, 3.8) is 0 Å². The van der Waals surface area contributed by atoms with Gasteiger partial charge in [0, 0.05) is 21.9 Å². The van der Waals surface area contributed by atoms with E-state index in [-0.39, 0.29) is 22.5 Å². The zero-order chi connectivity index (χ0) is 20.1. The van der Waals surface area contributed by atoms with E-state index in [1.165, 1.54) is 6.07 Å². The topological polar surface area (TPSA) is 67.5 Å². The maximum Gasteiger partial charge on any atom is 0.196 e. The molecule has 4 rings (SSSR count). The van der Waals surface area contributed by atoms with Crippen LogP contribution < -0.4 is 5.43 Å². The molecule has 144 valence electrons. The number of Topliss-reactive ketones (excluding diaryl/α,β-unsaturated/α-hetero) is 1. The molecular weight excluding hydrogens is 372 g/mol. The van der Waals surface area contributed by atoms with Crippen LogP contribution in [0.3, 0.4) is 0 Å². The number of fused-ring (bicyclic) bond motifs is 2. The second-order valence-electron chi connectivity index (χ2n) is 7.15. The van der Waals surface area contributed by atoms with E-state index in [9.17, 15) is 14.7 Å². The number of thiophene rings is 1. The van der Waals surface area contributed by atoms with E-state index in [1.807, 2.05) is 50.4 Å². The first-order valence-corrected chi connectivity index (χ1v) is 10.5. The summed E-state index contributed by atoms with van der Waals surface area (Å²) in [6.45, 7) is 5.66. The van der Waals surface area contributed by atoms with Gasteiger partial charge in [0.2, 0.25) is 0 Å². The molecule has 1 N–H and O–H groups in total. The van der Waals surface area contributed by atoms with Gasteiger partial charge in [-0.2, -0.15) is 0 Å². The zero-order valence-corrected chi connectivity index (χ0v) is 17.0. The molecule has 4 nitrogen and oxygen atoms in total. The van der Waals surface area contributed by atoms with Gasteiger partial charge in [-0.15, -0.1) is 11.3 Å². The lowest BCUT2D eigenvalue weighted by Gasteiger charge is -2.35. The van der Waals surface area contributed by atoms with E-state index in [2.05, 4.69) is 0 Å². The van der Waals surface area contributed by atoms with Crippen LogP contribution in [-0.2, 0) is 10.2 Å². The van der Waals surface area contributed by atoms with Gasteiger partial charge in [0.1, 0.15) is 22.8 Å². The van der Waals surface area contributed by atoms with Crippen LogP contribution in [-0.4, -0.2) is 10.9 Å². The summed E-state index contributed by atoms with van der Waals surface area (Å²) in [5.41, 5.74) is -0.00127. The number of rotatable bonds is 4. The molecule has 0 bridgehead atoms. The molecule has 1 aromatic carbocycles. The molecule has 0 spiro atoms.